The summed E-state index contributed by atoms with van der Waals surface area (Å²) in [5.41, 5.74) is 3.11. The van der Waals surface area contributed by atoms with E-state index in [1.807, 2.05) is 49.4 Å². The first-order valence-corrected chi connectivity index (χ1v) is 12.1. The molecule has 0 saturated carbocycles. The summed E-state index contributed by atoms with van der Waals surface area (Å²) in [6.45, 7) is 8.22. The predicted octanol–water partition coefficient (Wildman–Crippen LogP) is 4.38. The lowest BCUT2D eigenvalue weighted by Gasteiger charge is -2.20. The number of hydrogen-bond acceptors (Lipinski definition) is 7. The van der Waals surface area contributed by atoms with E-state index < -0.39 is 5.92 Å². The van der Waals surface area contributed by atoms with E-state index in [1.165, 1.54) is 0 Å². The number of anilines is 5. The van der Waals surface area contributed by atoms with Crippen LogP contribution < -0.4 is 25.2 Å². The molecule has 2 N–H and O–H groups in total. The number of hydrogen-bond donors (Lipinski definition) is 2. The van der Waals surface area contributed by atoms with Crippen LogP contribution in [0.15, 0.2) is 54.6 Å². The number of methoxy groups -OCH3 is 1. The Morgan fingerprint density at radius 1 is 1.06 bits per heavy atom. The first-order chi connectivity index (χ1) is 17.4. The van der Waals surface area contributed by atoms with Crippen molar-refractivity contribution < 1.29 is 14.3 Å². The molecule has 4 rings (SSSR count). The van der Waals surface area contributed by atoms with Crippen molar-refractivity contribution in [1.82, 2.24) is 9.97 Å². The molecular weight excluding hydrogens is 456 g/mol. The van der Waals surface area contributed by atoms with E-state index in [0.29, 0.717) is 18.2 Å². The van der Waals surface area contributed by atoms with E-state index in [0.717, 1.165) is 41.7 Å². The molecule has 1 saturated heterocycles. The smallest absolute Gasteiger partial charge is 0.229 e. The lowest BCUT2D eigenvalue weighted by molar-refractivity contribution is -0.122. The lowest BCUT2D eigenvalue weighted by Crippen LogP contribution is -2.28. The molecule has 1 aromatic heterocycles. The highest BCUT2D eigenvalue weighted by Crippen LogP contribution is 2.28. The van der Waals surface area contributed by atoms with E-state index in [4.69, 9.17) is 4.74 Å². The molecule has 1 fully saturated rings. The molecule has 188 valence electrons. The number of nitrogens with zero attached hydrogens (tertiary/aromatic N) is 4. The first-order valence-electron chi connectivity index (χ1n) is 12.1. The molecule has 3 aromatic rings. The molecule has 9 nitrogen and oxygen atoms in total. The zero-order chi connectivity index (χ0) is 25.7. The third-order valence-corrected chi connectivity index (χ3v) is 6.22. The minimum atomic E-state index is -0.420. The van der Waals surface area contributed by atoms with Crippen LogP contribution in [0.2, 0.25) is 0 Å². The van der Waals surface area contributed by atoms with Gasteiger partial charge < -0.3 is 25.2 Å². The number of aromatic nitrogens is 2. The Kier molecular flexibility index (Phi) is 7.68. The van der Waals surface area contributed by atoms with Crippen molar-refractivity contribution in [3.63, 3.8) is 0 Å². The van der Waals surface area contributed by atoms with Gasteiger partial charge in [-0.1, -0.05) is 0 Å². The molecule has 1 atom stereocenters. The average molecular weight is 489 g/mol. The summed E-state index contributed by atoms with van der Waals surface area (Å²) >= 11 is 0. The second-order valence-electron chi connectivity index (χ2n) is 8.66. The van der Waals surface area contributed by atoms with Gasteiger partial charge in [-0.25, -0.2) is 4.98 Å². The SMILES string of the molecule is CCN(CC)c1cc(C)nc(Nc2ccc(NC(=O)[C@H]3CC(=O)N(c4ccc(OC)cc4)C3)cc2)n1. The maximum Gasteiger partial charge on any atom is 0.229 e. The summed E-state index contributed by atoms with van der Waals surface area (Å²) in [7, 11) is 1.60. The largest absolute Gasteiger partial charge is 0.497 e. The van der Waals surface area contributed by atoms with Crippen LogP contribution >= 0.6 is 0 Å². The van der Waals surface area contributed by atoms with Crippen LogP contribution in [0.5, 0.6) is 5.75 Å². The number of carbonyl (C=O) groups is 2. The minimum Gasteiger partial charge on any atom is -0.497 e. The van der Waals surface area contributed by atoms with Crippen LogP contribution in [0.3, 0.4) is 0 Å². The van der Waals surface area contributed by atoms with Crippen LogP contribution in [0.25, 0.3) is 0 Å². The Bertz CT molecular complexity index is 1210. The number of nitrogens with one attached hydrogen (secondary N) is 2. The van der Waals surface area contributed by atoms with Crippen molar-refractivity contribution in [2.24, 2.45) is 5.92 Å². The molecule has 0 unspecified atom stereocenters. The van der Waals surface area contributed by atoms with Gasteiger partial charge in [0.15, 0.2) is 0 Å². The monoisotopic (exact) mass is 488 g/mol. The standard InChI is InChI=1S/C27H32N6O3/c1-5-32(6-2)24-15-18(3)28-27(31-24)30-21-9-7-20(8-10-21)29-26(35)19-16-25(34)33(17-19)22-11-13-23(36-4)14-12-22/h7-15,19H,5-6,16-17H2,1-4H3,(H,29,35)(H,28,30,31)/t19-/m0/s1. The Hall–Kier alpha value is -4.14. The highest BCUT2D eigenvalue weighted by molar-refractivity contribution is 6.03. The van der Waals surface area contributed by atoms with Gasteiger partial charge in [-0.2, -0.15) is 4.98 Å². The number of benzene rings is 2. The van der Waals surface area contributed by atoms with E-state index in [9.17, 15) is 9.59 Å². The fourth-order valence-electron chi connectivity index (χ4n) is 4.22. The fourth-order valence-corrected chi connectivity index (χ4v) is 4.22. The maximum atomic E-state index is 12.9. The third kappa shape index (κ3) is 5.73. The second-order valence-corrected chi connectivity index (χ2v) is 8.66. The summed E-state index contributed by atoms with van der Waals surface area (Å²) in [6, 6.07) is 16.6. The van der Waals surface area contributed by atoms with E-state index >= 15 is 0 Å². The van der Waals surface area contributed by atoms with Crippen LogP contribution in [0.1, 0.15) is 26.0 Å². The summed E-state index contributed by atoms with van der Waals surface area (Å²) in [4.78, 5) is 38.3. The van der Waals surface area contributed by atoms with Crippen molar-refractivity contribution in [2.45, 2.75) is 27.2 Å². The van der Waals surface area contributed by atoms with Gasteiger partial charge in [0.05, 0.1) is 13.0 Å². The molecule has 0 aliphatic carbocycles. The molecule has 1 aliphatic heterocycles. The predicted molar refractivity (Wildman–Crippen MR) is 142 cm³/mol. The molecule has 9 heteroatoms. The second kappa shape index (κ2) is 11.1. The molecule has 2 amide bonds. The van der Waals surface area contributed by atoms with Crippen molar-refractivity contribution in [2.75, 3.05) is 47.2 Å². The fraction of sp³-hybridized carbons (Fsp3) is 0.333. The first kappa shape index (κ1) is 25.0. The highest BCUT2D eigenvalue weighted by atomic mass is 16.5. The summed E-state index contributed by atoms with van der Waals surface area (Å²) in [6.07, 6.45) is 0.178. The minimum absolute atomic E-state index is 0.0675. The van der Waals surface area contributed by atoms with Gasteiger partial charge in [0.1, 0.15) is 11.6 Å². The number of amides is 2. The van der Waals surface area contributed by atoms with Gasteiger partial charge in [-0.15, -0.1) is 0 Å². The average Bonchev–Trinajstić information content (AvgIpc) is 3.27. The van der Waals surface area contributed by atoms with Crippen LogP contribution in [0, 0.1) is 12.8 Å². The van der Waals surface area contributed by atoms with Crippen molar-refractivity contribution in [1.29, 1.82) is 0 Å². The molecule has 0 radical (unpaired) electrons. The molecule has 0 spiro atoms. The quantitative estimate of drug-likeness (QED) is 0.461. The molecule has 1 aliphatic rings. The van der Waals surface area contributed by atoms with Crippen molar-refractivity contribution >= 4 is 40.6 Å². The van der Waals surface area contributed by atoms with Gasteiger partial charge in [0, 0.05) is 54.9 Å². The Balaban J connectivity index is 1.37. The topological polar surface area (TPSA) is 99.7 Å². The van der Waals surface area contributed by atoms with Crippen LogP contribution in [0.4, 0.5) is 28.8 Å². The third-order valence-electron chi connectivity index (χ3n) is 6.22. The van der Waals surface area contributed by atoms with E-state index in [-0.39, 0.29) is 18.2 Å². The summed E-state index contributed by atoms with van der Waals surface area (Å²) in [5, 5.41) is 6.17. The van der Waals surface area contributed by atoms with Gasteiger partial charge >= 0.3 is 0 Å². The molecule has 0 bridgehead atoms. The van der Waals surface area contributed by atoms with Gasteiger partial charge in [0.25, 0.3) is 0 Å². The van der Waals surface area contributed by atoms with Crippen molar-refractivity contribution in [3.8, 4) is 5.75 Å². The molecular formula is C27H32N6O3. The van der Waals surface area contributed by atoms with Gasteiger partial charge in [0.2, 0.25) is 17.8 Å². The summed E-state index contributed by atoms with van der Waals surface area (Å²) < 4.78 is 5.17. The molecule has 2 heterocycles. The van der Waals surface area contributed by atoms with Gasteiger partial charge in [-0.05, 0) is 69.3 Å². The normalized spacial score (nSPS) is 15.1. The molecule has 2 aromatic carbocycles. The Morgan fingerprint density at radius 2 is 1.72 bits per heavy atom. The van der Waals surface area contributed by atoms with Crippen LogP contribution in [-0.2, 0) is 9.59 Å². The number of aryl methyl sites for hydroxylation is 1. The molecule has 36 heavy (non-hydrogen) atoms. The lowest BCUT2D eigenvalue weighted by atomic mass is 10.1. The number of carbonyl (C=O) groups excluding carboxylic acids is 2. The van der Waals surface area contributed by atoms with E-state index in [2.05, 4.69) is 39.3 Å². The number of rotatable bonds is 9. The van der Waals surface area contributed by atoms with Crippen LogP contribution in [-0.4, -0.2) is 48.5 Å². The Labute approximate surface area is 211 Å². The highest BCUT2D eigenvalue weighted by Gasteiger charge is 2.35. The maximum absolute atomic E-state index is 12.9. The van der Waals surface area contributed by atoms with E-state index in [1.54, 1.807) is 24.1 Å². The van der Waals surface area contributed by atoms with Crippen molar-refractivity contribution in [3.05, 3.63) is 60.3 Å². The zero-order valence-corrected chi connectivity index (χ0v) is 21.1. The summed E-state index contributed by atoms with van der Waals surface area (Å²) in [5.74, 6) is 1.46. The number of ether oxygens (including phenoxy) is 1. The Morgan fingerprint density at radius 3 is 2.36 bits per heavy atom. The van der Waals surface area contributed by atoms with Gasteiger partial charge in [-0.3, -0.25) is 9.59 Å². The zero-order valence-electron chi connectivity index (χ0n) is 21.1.